The van der Waals surface area contributed by atoms with Gasteiger partial charge in [-0.3, -0.25) is 4.90 Å². The number of nitrogens with one attached hydrogen (secondary N) is 1. The second-order valence-corrected chi connectivity index (χ2v) is 6.27. The molecular formula is C15H30N2. The van der Waals surface area contributed by atoms with E-state index >= 15 is 0 Å². The van der Waals surface area contributed by atoms with E-state index in [0.717, 1.165) is 30.5 Å². The molecule has 100 valence electrons. The minimum absolute atomic E-state index is 0.744. The Morgan fingerprint density at radius 3 is 2.59 bits per heavy atom. The van der Waals surface area contributed by atoms with Gasteiger partial charge in [-0.15, -0.1) is 0 Å². The highest BCUT2D eigenvalue weighted by Crippen LogP contribution is 2.37. The van der Waals surface area contributed by atoms with Gasteiger partial charge in [0.1, 0.15) is 0 Å². The molecule has 0 spiro atoms. The van der Waals surface area contributed by atoms with Crippen molar-refractivity contribution in [2.75, 3.05) is 20.1 Å². The Kier molecular flexibility index (Phi) is 4.87. The van der Waals surface area contributed by atoms with Crippen molar-refractivity contribution in [2.45, 2.75) is 64.5 Å². The second-order valence-electron chi connectivity index (χ2n) is 6.27. The van der Waals surface area contributed by atoms with Crippen LogP contribution in [0.2, 0.25) is 0 Å². The molecule has 0 radical (unpaired) electrons. The summed E-state index contributed by atoms with van der Waals surface area (Å²) in [5, 5.41) is 3.33. The second kappa shape index (κ2) is 6.19. The van der Waals surface area contributed by atoms with Crippen molar-refractivity contribution in [1.82, 2.24) is 10.2 Å². The van der Waals surface area contributed by atoms with Crippen molar-refractivity contribution in [3.8, 4) is 0 Å². The van der Waals surface area contributed by atoms with Crippen LogP contribution in [0.4, 0.5) is 0 Å². The molecule has 2 heteroatoms. The zero-order valence-corrected chi connectivity index (χ0v) is 11.9. The maximum atomic E-state index is 3.33. The van der Waals surface area contributed by atoms with Gasteiger partial charge in [0.25, 0.3) is 0 Å². The molecule has 4 atom stereocenters. The van der Waals surface area contributed by atoms with E-state index in [1.807, 2.05) is 0 Å². The molecule has 1 saturated carbocycles. The normalized spacial score (nSPS) is 34.1. The predicted molar refractivity (Wildman–Crippen MR) is 74.2 cm³/mol. The van der Waals surface area contributed by atoms with Gasteiger partial charge in [-0.25, -0.2) is 0 Å². The van der Waals surface area contributed by atoms with Gasteiger partial charge < -0.3 is 5.32 Å². The zero-order valence-electron chi connectivity index (χ0n) is 11.9. The SMILES string of the molecule is CNCC(C)C(C)N1CCC[C@H]2CCCC[C@H]21. The molecule has 1 aliphatic heterocycles. The molecule has 1 aliphatic carbocycles. The quantitative estimate of drug-likeness (QED) is 0.810. The number of piperidine rings is 1. The molecule has 1 heterocycles. The average Bonchev–Trinajstić information content (AvgIpc) is 2.37. The fraction of sp³-hybridized carbons (Fsp3) is 1.00. The number of fused-ring (bicyclic) bond motifs is 1. The molecule has 2 unspecified atom stereocenters. The summed E-state index contributed by atoms with van der Waals surface area (Å²) in [6.45, 7) is 7.33. The first kappa shape index (κ1) is 13.4. The van der Waals surface area contributed by atoms with Crippen LogP contribution in [0.25, 0.3) is 0 Å². The minimum atomic E-state index is 0.744. The van der Waals surface area contributed by atoms with Crippen molar-refractivity contribution in [2.24, 2.45) is 11.8 Å². The summed E-state index contributed by atoms with van der Waals surface area (Å²) >= 11 is 0. The first-order valence-corrected chi connectivity index (χ1v) is 7.64. The molecule has 17 heavy (non-hydrogen) atoms. The highest BCUT2D eigenvalue weighted by Gasteiger charge is 2.36. The van der Waals surface area contributed by atoms with Gasteiger partial charge in [-0.05, 0) is 64.6 Å². The monoisotopic (exact) mass is 238 g/mol. The van der Waals surface area contributed by atoms with Crippen LogP contribution in [0.5, 0.6) is 0 Å². The van der Waals surface area contributed by atoms with Crippen LogP contribution in [0.1, 0.15) is 52.4 Å². The summed E-state index contributed by atoms with van der Waals surface area (Å²) in [5.74, 6) is 1.78. The summed E-state index contributed by atoms with van der Waals surface area (Å²) < 4.78 is 0. The number of hydrogen-bond acceptors (Lipinski definition) is 2. The molecular weight excluding hydrogens is 208 g/mol. The van der Waals surface area contributed by atoms with Crippen molar-refractivity contribution in [3.63, 3.8) is 0 Å². The Balaban J connectivity index is 1.97. The van der Waals surface area contributed by atoms with Gasteiger partial charge >= 0.3 is 0 Å². The Morgan fingerprint density at radius 2 is 1.82 bits per heavy atom. The van der Waals surface area contributed by atoms with E-state index in [2.05, 4.69) is 31.1 Å². The third-order valence-electron chi connectivity index (χ3n) is 5.16. The molecule has 2 aliphatic rings. The third kappa shape index (κ3) is 3.03. The topological polar surface area (TPSA) is 15.3 Å². The van der Waals surface area contributed by atoms with Gasteiger partial charge in [-0.1, -0.05) is 19.8 Å². The van der Waals surface area contributed by atoms with E-state index in [9.17, 15) is 0 Å². The van der Waals surface area contributed by atoms with Crippen molar-refractivity contribution >= 4 is 0 Å². The highest BCUT2D eigenvalue weighted by atomic mass is 15.2. The van der Waals surface area contributed by atoms with E-state index in [-0.39, 0.29) is 0 Å². The van der Waals surface area contributed by atoms with Gasteiger partial charge in [0.15, 0.2) is 0 Å². The molecule has 0 aromatic carbocycles. The fourth-order valence-corrected chi connectivity index (χ4v) is 3.99. The lowest BCUT2D eigenvalue weighted by Crippen LogP contribution is -2.53. The molecule has 1 saturated heterocycles. The van der Waals surface area contributed by atoms with E-state index in [1.54, 1.807) is 0 Å². The van der Waals surface area contributed by atoms with Crippen molar-refractivity contribution in [3.05, 3.63) is 0 Å². The zero-order chi connectivity index (χ0) is 12.3. The molecule has 0 amide bonds. The fourth-order valence-electron chi connectivity index (χ4n) is 3.99. The van der Waals surface area contributed by atoms with Crippen molar-refractivity contribution < 1.29 is 0 Å². The Bertz CT molecular complexity index is 227. The van der Waals surface area contributed by atoms with Gasteiger partial charge in [0, 0.05) is 12.1 Å². The summed E-state index contributed by atoms with van der Waals surface area (Å²) in [6.07, 6.45) is 8.82. The standard InChI is InChI=1S/C15H30N2/c1-12(11-16-3)13(2)17-10-6-8-14-7-4-5-9-15(14)17/h12-16H,4-11H2,1-3H3/t12?,13?,14-,15-/m1/s1. The summed E-state index contributed by atoms with van der Waals surface area (Å²) in [4.78, 5) is 2.84. The molecule has 2 nitrogen and oxygen atoms in total. The lowest BCUT2D eigenvalue weighted by molar-refractivity contribution is 0.0144. The summed E-state index contributed by atoms with van der Waals surface area (Å²) in [7, 11) is 2.07. The molecule has 2 fully saturated rings. The molecule has 1 N–H and O–H groups in total. The van der Waals surface area contributed by atoms with E-state index in [0.29, 0.717) is 0 Å². The maximum Gasteiger partial charge on any atom is 0.0126 e. The Morgan fingerprint density at radius 1 is 1.12 bits per heavy atom. The lowest BCUT2D eigenvalue weighted by atomic mass is 9.77. The summed E-state index contributed by atoms with van der Waals surface area (Å²) in [5.41, 5.74) is 0. The van der Waals surface area contributed by atoms with E-state index in [4.69, 9.17) is 0 Å². The Labute approximate surface area is 107 Å². The lowest BCUT2D eigenvalue weighted by Gasteiger charge is -2.48. The Hall–Kier alpha value is -0.0800. The predicted octanol–water partition coefficient (Wildman–Crippen LogP) is 2.89. The molecule has 0 aromatic heterocycles. The van der Waals surface area contributed by atoms with Crippen LogP contribution < -0.4 is 5.32 Å². The van der Waals surface area contributed by atoms with Crippen LogP contribution in [0.3, 0.4) is 0 Å². The van der Waals surface area contributed by atoms with Crippen molar-refractivity contribution in [1.29, 1.82) is 0 Å². The first-order valence-electron chi connectivity index (χ1n) is 7.64. The number of likely N-dealkylation sites (tertiary alicyclic amines) is 1. The number of rotatable bonds is 4. The van der Waals surface area contributed by atoms with Gasteiger partial charge in [-0.2, -0.15) is 0 Å². The third-order valence-corrected chi connectivity index (χ3v) is 5.16. The van der Waals surface area contributed by atoms with Crippen LogP contribution in [-0.4, -0.2) is 37.1 Å². The highest BCUT2D eigenvalue weighted by molar-refractivity contribution is 4.90. The largest absolute Gasteiger partial charge is 0.319 e. The van der Waals surface area contributed by atoms with Crippen LogP contribution in [0.15, 0.2) is 0 Å². The van der Waals surface area contributed by atoms with E-state index < -0.39 is 0 Å². The first-order chi connectivity index (χ1) is 8.24. The summed E-state index contributed by atoms with van der Waals surface area (Å²) in [6, 6.07) is 1.65. The van der Waals surface area contributed by atoms with E-state index in [1.165, 1.54) is 45.1 Å². The minimum Gasteiger partial charge on any atom is -0.319 e. The van der Waals surface area contributed by atoms with Gasteiger partial charge in [0.2, 0.25) is 0 Å². The van der Waals surface area contributed by atoms with Crippen LogP contribution in [-0.2, 0) is 0 Å². The van der Waals surface area contributed by atoms with Gasteiger partial charge in [0.05, 0.1) is 0 Å². The smallest absolute Gasteiger partial charge is 0.0126 e. The van der Waals surface area contributed by atoms with Crippen LogP contribution in [0, 0.1) is 11.8 Å². The number of nitrogens with zero attached hydrogens (tertiary/aromatic N) is 1. The number of hydrogen-bond donors (Lipinski definition) is 1. The maximum absolute atomic E-state index is 3.33. The molecule has 0 bridgehead atoms. The molecule has 0 aromatic rings. The molecule has 2 rings (SSSR count). The van der Waals surface area contributed by atoms with Crippen LogP contribution >= 0.6 is 0 Å². The average molecular weight is 238 g/mol.